The van der Waals surface area contributed by atoms with Crippen molar-refractivity contribution in [3.05, 3.63) is 54.1 Å². The molecule has 9 heteroatoms. The topological polar surface area (TPSA) is 87.5 Å². The summed E-state index contributed by atoms with van der Waals surface area (Å²) in [6.07, 6.45) is -2.58. The van der Waals surface area contributed by atoms with Crippen molar-refractivity contribution in [3.63, 3.8) is 0 Å². The van der Waals surface area contributed by atoms with E-state index in [1.807, 2.05) is 0 Å². The minimum atomic E-state index is -4.80. The van der Waals surface area contributed by atoms with Crippen LogP contribution < -0.4 is 21.3 Å². The van der Waals surface area contributed by atoms with Crippen LogP contribution in [0.3, 0.4) is 0 Å². The number of nitrogens with zero attached hydrogens (tertiary/aromatic N) is 1. The first kappa shape index (κ1) is 21.6. The van der Waals surface area contributed by atoms with Crippen molar-refractivity contribution >= 4 is 28.9 Å². The lowest BCUT2D eigenvalue weighted by Gasteiger charge is -2.27. The molecule has 0 aromatic heterocycles. The number of nitrogens with two attached hydrogens (primary N) is 1. The van der Waals surface area contributed by atoms with Crippen LogP contribution in [0.15, 0.2) is 48.5 Å². The second-order valence-electron chi connectivity index (χ2n) is 7.06. The molecule has 1 unspecified atom stereocenters. The highest BCUT2D eigenvalue weighted by Gasteiger charge is 2.45. The van der Waals surface area contributed by atoms with Gasteiger partial charge in [0.2, 0.25) is 11.9 Å². The minimum absolute atomic E-state index is 0.0130. The van der Waals surface area contributed by atoms with Crippen molar-refractivity contribution in [1.29, 1.82) is 0 Å². The van der Waals surface area contributed by atoms with Gasteiger partial charge in [0.15, 0.2) is 0 Å². The summed E-state index contributed by atoms with van der Waals surface area (Å²) in [6, 6.07) is 9.91. The number of amides is 2. The number of hydrogen-bond donors (Lipinski definition) is 3. The Morgan fingerprint density at radius 2 is 1.83 bits per heavy atom. The molecule has 3 rings (SSSR count). The zero-order chi connectivity index (χ0) is 21.7. The van der Waals surface area contributed by atoms with E-state index < -0.39 is 18.1 Å². The van der Waals surface area contributed by atoms with Gasteiger partial charge in [-0.2, -0.15) is 13.2 Å². The first-order chi connectivity index (χ1) is 14.3. The maximum Gasteiger partial charge on any atom is 0.417 e. The third kappa shape index (κ3) is 5.29. The predicted octanol–water partition coefficient (Wildman–Crippen LogP) is 3.64. The summed E-state index contributed by atoms with van der Waals surface area (Å²) >= 11 is 0. The second-order valence-corrected chi connectivity index (χ2v) is 7.06. The number of halogens is 3. The van der Waals surface area contributed by atoms with Gasteiger partial charge in [-0.25, -0.2) is 0 Å². The number of carbonyl (C=O) groups is 2. The van der Waals surface area contributed by atoms with E-state index in [4.69, 9.17) is 5.73 Å². The first-order valence-electron chi connectivity index (χ1n) is 9.61. The Labute approximate surface area is 172 Å². The van der Waals surface area contributed by atoms with E-state index in [9.17, 15) is 22.8 Å². The molecule has 1 heterocycles. The molecule has 2 aromatic rings. The van der Waals surface area contributed by atoms with E-state index in [-0.39, 0.29) is 23.8 Å². The van der Waals surface area contributed by atoms with E-state index in [2.05, 4.69) is 10.6 Å². The number of carbonyl (C=O) groups excluding carboxylic acids is 2. The van der Waals surface area contributed by atoms with Gasteiger partial charge < -0.3 is 21.3 Å². The van der Waals surface area contributed by atoms with Crippen LogP contribution in [-0.4, -0.2) is 30.6 Å². The predicted molar refractivity (Wildman–Crippen MR) is 109 cm³/mol. The molecule has 160 valence electrons. The average Bonchev–Trinajstić information content (AvgIpc) is 2.72. The Balaban J connectivity index is 1.71. The van der Waals surface area contributed by atoms with Crippen LogP contribution >= 0.6 is 0 Å². The number of piperidine rings is 1. The molecule has 1 saturated heterocycles. The summed E-state index contributed by atoms with van der Waals surface area (Å²) in [7, 11) is 0. The quantitative estimate of drug-likeness (QED) is 0.666. The zero-order valence-electron chi connectivity index (χ0n) is 16.2. The standard InChI is InChI=1S/C21H23F3N4O2/c22-21(23,24)19(26-16-5-3-4-14(12-16)13-25)20(30)27-15-7-9-17(10-8-15)28-11-2-1-6-18(28)29/h3-5,7-10,12,19,26H,1-2,6,11,13,25H2,(H,27,30). The number of hydrogen-bond acceptors (Lipinski definition) is 4. The van der Waals surface area contributed by atoms with Gasteiger partial charge in [0.05, 0.1) is 0 Å². The van der Waals surface area contributed by atoms with E-state index in [0.29, 0.717) is 24.2 Å². The Morgan fingerprint density at radius 1 is 1.10 bits per heavy atom. The highest BCUT2D eigenvalue weighted by molar-refractivity contribution is 5.98. The largest absolute Gasteiger partial charge is 0.417 e. The SMILES string of the molecule is NCc1cccc(NC(C(=O)Nc2ccc(N3CCCCC3=O)cc2)C(F)(F)F)c1. The van der Waals surface area contributed by atoms with Crippen LogP contribution in [0.25, 0.3) is 0 Å². The summed E-state index contributed by atoms with van der Waals surface area (Å²) < 4.78 is 40.5. The molecule has 0 saturated carbocycles. The maximum absolute atomic E-state index is 13.5. The van der Waals surface area contributed by atoms with E-state index in [0.717, 1.165) is 12.8 Å². The van der Waals surface area contributed by atoms with Crippen LogP contribution in [0.2, 0.25) is 0 Å². The van der Waals surface area contributed by atoms with Crippen molar-refractivity contribution in [3.8, 4) is 0 Å². The molecule has 0 aliphatic carbocycles. The van der Waals surface area contributed by atoms with Crippen molar-refractivity contribution in [1.82, 2.24) is 0 Å². The highest BCUT2D eigenvalue weighted by Crippen LogP contribution is 2.27. The monoisotopic (exact) mass is 420 g/mol. The van der Waals surface area contributed by atoms with Crippen molar-refractivity contribution in [2.75, 3.05) is 22.1 Å². The van der Waals surface area contributed by atoms with Crippen molar-refractivity contribution in [2.45, 2.75) is 38.0 Å². The van der Waals surface area contributed by atoms with E-state index >= 15 is 0 Å². The van der Waals surface area contributed by atoms with Crippen LogP contribution in [0.4, 0.5) is 30.2 Å². The normalized spacial score (nSPS) is 15.6. The van der Waals surface area contributed by atoms with Gasteiger partial charge in [0, 0.05) is 36.6 Å². The molecule has 1 aliphatic rings. The fourth-order valence-corrected chi connectivity index (χ4v) is 3.27. The van der Waals surface area contributed by atoms with Gasteiger partial charge >= 0.3 is 6.18 Å². The molecule has 0 radical (unpaired) electrons. The molecular weight excluding hydrogens is 397 g/mol. The molecule has 0 bridgehead atoms. The third-order valence-corrected chi connectivity index (χ3v) is 4.83. The fraction of sp³-hybridized carbons (Fsp3) is 0.333. The molecule has 2 amide bonds. The Morgan fingerprint density at radius 3 is 2.47 bits per heavy atom. The van der Waals surface area contributed by atoms with Gasteiger partial charge in [-0.15, -0.1) is 0 Å². The zero-order valence-corrected chi connectivity index (χ0v) is 16.2. The molecule has 2 aromatic carbocycles. The third-order valence-electron chi connectivity index (χ3n) is 4.83. The van der Waals surface area contributed by atoms with Crippen LogP contribution in [0.1, 0.15) is 24.8 Å². The Bertz CT molecular complexity index is 900. The van der Waals surface area contributed by atoms with Gasteiger partial charge in [-0.1, -0.05) is 12.1 Å². The molecule has 1 fully saturated rings. The summed E-state index contributed by atoms with van der Waals surface area (Å²) in [5, 5.41) is 4.53. The molecule has 30 heavy (non-hydrogen) atoms. The maximum atomic E-state index is 13.5. The van der Waals surface area contributed by atoms with E-state index in [1.54, 1.807) is 29.2 Å². The van der Waals surface area contributed by atoms with Crippen molar-refractivity contribution < 1.29 is 22.8 Å². The van der Waals surface area contributed by atoms with Crippen molar-refractivity contribution in [2.24, 2.45) is 5.73 Å². The minimum Gasteiger partial charge on any atom is -0.366 e. The molecular formula is C21H23F3N4O2. The molecule has 1 aliphatic heterocycles. The number of benzene rings is 2. The summed E-state index contributed by atoms with van der Waals surface area (Å²) in [5.74, 6) is -1.22. The van der Waals surface area contributed by atoms with Gasteiger partial charge in [-0.3, -0.25) is 9.59 Å². The Kier molecular flexibility index (Phi) is 6.61. The Hall–Kier alpha value is -3.07. The average molecular weight is 420 g/mol. The summed E-state index contributed by atoms with van der Waals surface area (Å²) in [4.78, 5) is 26.0. The number of alkyl halides is 3. The van der Waals surface area contributed by atoms with Gasteiger partial charge in [-0.05, 0) is 54.8 Å². The summed E-state index contributed by atoms with van der Waals surface area (Å²) in [6.45, 7) is 0.775. The molecule has 1 atom stereocenters. The van der Waals surface area contributed by atoms with Gasteiger partial charge in [0.1, 0.15) is 0 Å². The molecule has 6 nitrogen and oxygen atoms in total. The lowest BCUT2D eigenvalue weighted by Crippen LogP contribution is -2.46. The second kappa shape index (κ2) is 9.17. The van der Waals surface area contributed by atoms with Crippen LogP contribution in [-0.2, 0) is 16.1 Å². The number of rotatable bonds is 6. The lowest BCUT2D eigenvalue weighted by atomic mass is 10.1. The highest BCUT2D eigenvalue weighted by atomic mass is 19.4. The number of anilines is 3. The number of nitrogens with one attached hydrogen (secondary N) is 2. The van der Waals surface area contributed by atoms with Crippen LogP contribution in [0, 0.1) is 0 Å². The molecule has 0 spiro atoms. The van der Waals surface area contributed by atoms with Gasteiger partial charge in [0.25, 0.3) is 5.91 Å². The fourth-order valence-electron chi connectivity index (χ4n) is 3.27. The summed E-state index contributed by atoms with van der Waals surface area (Å²) in [5.41, 5.74) is 7.17. The van der Waals surface area contributed by atoms with E-state index in [1.165, 1.54) is 24.3 Å². The smallest absolute Gasteiger partial charge is 0.366 e. The lowest BCUT2D eigenvalue weighted by molar-refractivity contribution is -0.155. The van der Waals surface area contributed by atoms with Crippen LogP contribution in [0.5, 0.6) is 0 Å². The molecule has 4 N–H and O–H groups in total. The first-order valence-corrected chi connectivity index (χ1v) is 9.61.